The average molecular weight is 430 g/mol. The summed E-state index contributed by atoms with van der Waals surface area (Å²) in [6, 6.07) is 9.25. The minimum atomic E-state index is -4.47. The molecule has 0 unspecified atom stereocenters. The fourth-order valence-electron chi connectivity index (χ4n) is 2.33. The number of hydrogen-bond donors (Lipinski definition) is 1. The van der Waals surface area contributed by atoms with Crippen LogP contribution in [0.2, 0.25) is 10.0 Å². The lowest BCUT2D eigenvalue weighted by Crippen LogP contribution is -2.12. The second-order valence-electron chi connectivity index (χ2n) is 5.76. The predicted octanol–water partition coefficient (Wildman–Crippen LogP) is 5.63. The molecule has 146 valence electrons. The molecule has 0 saturated heterocycles. The second-order valence-corrected chi connectivity index (χ2v) is 6.61. The third-order valence-corrected chi connectivity index (χ3v) is 4.24. The Bertz CT molecular complexity index is 1010. The van der Waals surface area contributed by atoms with E-state index in [4.69, 9.17) is 27.7 Å². The van der Waals surface area contributed by atoms with E-state index < -0.39 is 11.7 Å². The number of rotatable bonds is 5. The first kappa shape index (κ1) is 20.2. The molecule has 0 atom stereocenters. The highest BCUT2D eigenvalue weighted by Gasteiger charge is 2.30. The summed E-state index contributed by atoms with van der Waals surface area (Å²) in [6.45, 7) is 0. The summed E-state index contributed by atoms with van der Waals surface area (Å²) < 4.78 is 43.4. The number of aromatic nitrogens is 2. The normalized spacial score (nSPS) is 11.5. The molecule has 3 rings (SSSR count). The van der Waals surface area contributed by atoms with Gasteiger partial charge in [-0.15, -0.1) is 0 Å². The first-order chi connectivity index (χ1) is 13.2. The fourth-order valence-corrected chi connectivity index (χ4v) is 2.79. The van der Waals surface area contributed by atoms with Gasteiger partial charge >= 0.3 is 6.18 Å². The molecule has 0 spiro atoms. The maximum Gasteiger partial charge on any atom is 0.416 e. The van der Waals surface area contributed by atoms with Gasteiger partial charge in [-0.05, 0) is 30.3 Å². The summed E-state index contributed by atoms with van der Waals surface area (Å²) in [4.78, 5) is 16.1. The molecule has 0 fully saturated rings. The fraction of sp³-hybridized carbons (Fsp3) is 0.167. The zero-order valence-electron chi connectivity index (χ0n) is 14.1. The van der Waals surface area contributed by atoms with Crippen molar-refractivity contribution >= 4 is 34.8 Å². The summed E-state index contributed by atoms with van der Waals surface area (Å²) >= 11 is 11.8. The lowest BCUT2D eigenvalue weighted by atomic mass is 10.1. The van der Waals surface area contributed by atoms with Gasteiger partial charge in [0.25, 0.3) is 0 Å². The summed E-state index contributed by atoms with van der Waals surface area (Å²) in [5.74, 6) is -0.199. The van der Waals surface area contributed by atoms with Crippen LogP contribution in [0.15, 0.2) is 47.0 Å². The monoisotopic (exact) mass is 429 g/mol. The quantitative estimate of drug-likeness (QED) is 0.570. The molecule has 28 heavy (non-hydrogen) atoms. The number of anilines is 1. The van der Waals surface area contributed by atoms with Crippen LogP contribution in [0.4, 0.5) is 18.9 Å². The summed E-state index contributed by atoms with van der Waals surface area (Å²) in [6.07, 6.45) is -4.34. The van der Waals surface area contributed by atoms with Crippen LogP contribution in [0.3, 0.4) is 0 Å². The van der Waals surface area contributed by atoms with E-state index in [9.17, 15) is 18.0 Å². The minimum Gasteiger partial charge on any atom is -0.339 e. The van der Waals surface area contributed by atoms with Crippen LogP contribution < -0.4 is 5.32 Å². The largest absolute Gasteiger partial charge is 0.416 e. The molecule has 3 aromatic rings. The molecular weight excluding hydrogens is 418 g/mol. The van der Waals surface area contributed by atoms with Crippen molar-refractivity contribution < 1.29 is 22.5 Å². The minimum absolute atomic E-state index is 0.0160. The van der Waals surface area contributed by atoms with Gasteiger partial charge in [-0.1, -0.05) is 40.5 Å². The Kier molecular flexibility index (Phi) is 5.90. The Hall–Kier alpha value is -2.58. The molecule has 0 radical (unpaired) electrons. The molecule has 10 heteroatoms. The van der Waals surface area contributed by atoms with Crippen LogP contribution in [0.1, 0.15) is 17.9 Å². The number of nitrogens with one attached hydrogen (secondary N) is 1. The van der Waals surface area contributed by atoms with Gasteiger partial charge in [0.05, 0.1) is 16.3 Å². The van der Waals surface area contributed by atoms with Gasteiger partial charge in [-0.3, -0.25) is 4.79 Å². The number of amides is 1. The van der Waals surface area contributed by atoms with E-state index in [0.29, 0.717) is 15.7 Å². The Labute approximate surface area is 167 Å². The first-order valence-corrected chi connectivity index (χ1v) is 8.73. The summed E-state index contributed by atoms with van der Waals surface area (Å²) in [7, 11) is 0. The molecule has 0 aliphatic rings. The molecule has 1 heterocycles. The number of hydrogen-bond acceptors (Lipinski definition) is 4. The molecule has 1 aromatic heterocycles. The van der Waals surface area contributed by atoms with Crippen LogP contribution >= 0.6 is 23.2 Å². The van der Waals surface area contributed by atoms with E-state index in [1.165, 1.54) is 18.2 Å². The van der Waals surface area contributed by atoms with Gasteiger partial charge < -0.3 is 9.84 Å². The highest BCUT2D eigenvalue weighted by molar-refractivity contribution is 6.36. The van der Waals surface area contributed by atoms with Crippen molar-refractivity contribution in [1.82, 2.24) is 10.1 Å². The van der Waals surface area contributed by atoms with Gasteiger partial charge in [0.15, 0.2) is 0 Å². The van der Waals surface area contributed by atoms with E-state index >= 15 is 0 Å². The van der Waals surface area contributed by atoms with Crippen molar-refractivity contribution in [3.8, 4) is 11.4 Å². The molecule has 0 aliphatic heterocycles. The van der Waals surface area contributed by atoms with Crippen molar-refractivity contribution in [3.63, 3.8) is 0 Å². The van der Waals surface area contributed by atoms with Crippen molar-refractivity contribution in [3.05, 3.63) is 64.0 Å². The number of carbonyl (C=O) groups is 1. The van der Waals surface area contributed by atoms with E-state index in [1.54, 1.807) is 12.1 Å². The van der Waals surface area contributed by atoms with Crippen molar-refractivity contribution in [1.29, 1.82) is 0 Å². The smallest absolute Gasteiger partial charge is 0.339 e. The van der Waals surface area contributed by atoms with E-state index in [-0.39, 0.29) is 36.0 Å². The highest BCUT2D eigenvalue weighted by atomic mass is 35.5. The van der Waals surface area contributed by atoms with Crippen LogP contribution in [0, 0.1) is 0 Å². The Morgan fingerprint density at radius 2 is 1.93 bits per heavy atom. The summed E-state index contributed by atoms with van der Waals surface area (Å²) in [5, 5.41) is 7.04. The zero-order valence-corrected chi connectivity index (χ0v) is 15.6. The van der Waals surface area contributed by atoms with E-state index in [0.717, 1.165) is 12.1 Å². The number of aryl methyl sites for hydroxylation is 1. The average Bonchev–Trinajstić information content (AvgIpc) is 3.11. The second kappa shape index (κ2) is 8.20. The number of halogens is 5. The number of benzene rings is 2. The third kappa shape index (κ3) is 5.02. The van der Waals surface area contributed by atoms with Crippen molar-refractivity contribution in [2.75, 3.05) is 5.32 Å². The Balaban J connectivity index is 1.63. The third-order valence-electron chi connectivity index (χ3n) is 3.69. The standard InChI is InChI=1S/C18H12Cl2F3N3O2/c19-12-4-5-14(13(20)9-12)24-15(27)6-7-16-25-17(26-28-16)10-2-1-3-11(8-10)18(21,22)23/h1-5,8-9H,6-7H2,(H,24,27). The number of alkyl halides is 3. The molecule has 1 amide bonds. The first-order valence-electron chi connectivity index (χ1n) is 7.97. The van der Waals surface area contributed by atoms with E-state index in [1.807, 2.05) is 0 Å². The lowest BCUT2D eigenvalue weighted by Gasteiger charge is -2.06. The molecule has 0 bridgehead atoms. The van der Waals surface area contributed by atoms with Gasteiger partial charge in [-0.25, -0.2) is 0 Å². The molecule has 2 aromatic carbocycles. The molecule has 0 saturated carbocycles. The molecule has 1 N–H and O–H groups in total. The lowest BCUT2D eigenvalue weighted by molar-refractivity contribution is -0.137. The van der Waals surface area contributed by atoms with Crippen LogP contribution in [0.5, 0.6) is 0 Å². The van der Waals surface area contributed by atoms with E-state index in [2.05, 4.69) is 15.5 Å². The Morgan fingerprint density at radius 3 is 2.64 bits per heavy atom. The van der Waals surface area contributed by atoms with Gasteiger partial charge in [0.1, 0.15) is 0 Å². The number of nitrogens with zero attached hydrogens (tertiary/aromatic N) is 2. The van der Waals surface area contributed by atoms with Gasteiger partial charge in [0, 0.05) is 23.4 Å². The zero-order chi connectivity index (χ0) is 20.3. The highest BCUT2D eigenvalue weighted by Crippen LogP contribution is 2.31. The topological polar surface area (TPSA) is 68.0 Å². The SMILES string of the molecule is O=C(CCc1nc(-c2cccc(C(F)(F)F)c2)no1)Nc1ccc(Cl)cc1Cl. The maximum atomic E-state index is 12.8. The van der Waals surface area contributed by atoms with Crippen LogP contribution in [-0.4, -0.2) is 16.0 Å². The molecular formula is C18H12Cl2F3N3O2. The maximum absolute atomic E-state index is 12.8. The molecule has 0 aliphatic carbocycles. The summed E-state index contributed by atoms with van der Waals surface area (Å²) in [5.41, 5.74) is -0.232. The van der Waals surface area contributed by atoms with Crippen molar-refractivity contribution in [2.24, 2.45) is 0 Å². The van der Waals surface area contributed by atoms with Crippen LogP contribution in [0.25, 0.3) is 11.4 Å². The van der Waals surface area contributed by atoms with Crippen LogP contribution in [-0.2, 0) is 17.4 Å². The predicted molar refractivity (Wildman–Crippen MR) is 98.1 cm³/mol. The van der Waals surface area contributed by atoms with Gasteiger partial charge in [-0.2, -0.15) is 18.2 Å². The Morgan fingerprint density at radius 1 is 1.14 bits per heavy atom. The van der Waals surface area contributed by atoms with Gasteiger partial charge in [0.2, 0.25) is 17.6 Å². The molecule has 5 nitrogen and oxygen atoms in total. The van der Waals surface area contributed by atoms with Crippen molar-refractivity contribution in [2.45, 2.75) is 19.0 Å². The number of carbonyl (C=O) groups excluding carboxylic acids is 1.